The van der Waals surface area contributed by atoms with Crippen LogP contribution < -0.4 is 10.1 Å². The van der Waals surface area contributed by atoms with Crippen molar-refractivity contribution in [3.63, 3.8) is 0 Å². The van der Waals surface area contributed by atoms with E-state index in [0.29, 0.717) is 23.2 Å². The molecule has 2 aromatic rings. The molecule has 5 nitrogen and oxygen atoms in total. The van der Waals surface area contributed by atoms with Gasteiger partial charge in [0.25, 0.3) is 5.91 Å². The largest absolute Gasteiger partial charge is 0.483 e. The molecule has 0 bridgehead atoms. The first kappa shape index (κ1) is 19.2. The zero-order valence-electron chi connectivity index (χ0n) is 15.2. The number of amides is 1. The van der Waals surface area contributed by atoms with Gasteiger partial charge in [0.2, 0.25) is 0 Å². The number of aldehydes is 1. The third-order valence-corrected chi connectivity index (χ3v) is 3.95. The molecule has 1 amide bonds. The molecule has 1 unspecified atom stereocenters. The Morgan fingerprint density at radius 3 is 2.42 bits per heavy atom. The van der Waals surface area contributed by atoms with Gasteiger partial charge in [0.05, 0.1) is 11.6 Å². The van der Waals surface area contributed by atoms with Crippen LogP contribution in [-0.2, 0) is 10.2 Å². The van der Waals surface area contributed by atoms with Gasteiger partial charge in [-0.3, -0.25) is 9.59 Å². The summed E-state index contributed by atoms with van der Waals surface area (Å²) in [5.41, 5.74) is 2.25. The molecule has 134 valence electrons. The van der Waals surface area contributed by atoms with Gasteiger partial charge in [-0.15, -0.1) is 0 Å². The van der Waals surface area contributed by atoms with Crippen molar-refractivity contribution in [2.75, 3.05) is 6.61 Å². The van der Waals surface area contributed by atoms with Crippen LogP contribution in [0.3, 0.4) is 0 Å². The molecule has 0 fully saturated rings. The maximum Gasteiger partial charge on any atom is 0.259 e. The number of hydrogen-bond acceptors (Lipinski definition) is 4. The summed E-state index contributed by atoms with van der Waals surface area (Å²) in [6.07, 6.45) is 0.669. The number of rotatable bonds is 6. The van der Waals surface area contributed by atoms with Gasteiger partial charge in [0.1, 0.15) is 11.8 Å². The molecule has 1 atom stereocenters. The molecule has 0 aromatic heterocycles. The Labute approximate surface area is 153 Å². The highest BCUT2D eigenvalue weighted by molar-refractivity contribution is 5.81. The van der Waals surface area contributed by atoms with Crippen molar-refractivity contribution in [2.24, 2.45) is 0 Å². The van der Waals surface area contributed by atoms with Crippen molar-refractivity contribution in [3.8, 4) is 11.8 Å². The second kappa shape index (κ2) is 8.30. The Hall–Kier alpha value is -3.13. The van der Waals surface area contributed by atoms with Crippen LogP contribution in [0.4, 0.5) is 0 Å². The average Bonchev–Trinajstić information content (AvgIpc) is 2.64. The van der Waals surface area contributed by atoms with Gasteiger partial charge < -0.3 is 10.1 Å². The van der Waals surface area contributed by atoms with E-state index in [1.54, 1.807) is 24.3 Å². The fourth-order valence-corrected chi connectivity index (χ4v) is 2.42. The van der Waals surface area contributed by atoms with Crippen LogP contribution in [0.2, 0.25) is 0 Å². The zero-order chi connectivity index (χ0) is 19.2. The summed E-state index contributed by atoms with van der Waals surface area (Å²) in [6, 6.07) is 15.6. The minimum atomic E-state index is -0.763. The molecule has 26 heavy (non-hydrogen) atoms. The van der Waals surface area contributed by atoms with Gasteiger partial charge in [-0.05, 0) is 28.7 Å². The number of carbonyl (C=O) groups excluding carboxylic acids is 2. The second-order valence-electron chi connectivity index (χ2n) is 6.95. The number of nitrogens with zero attached hydrogens (tertiary/aromatic N) is 1. The number of para-hydroxylation sites is 1. The summed E-state index contributed by atoms with van der Waals surface area (Å²) in [6.45, 7) is 6.06. The van der Waals surface area contributed by atoms with Crippen LogP contribution >= 0.6 is 0 Å². The smallest absolute Gasteiger partial charge is 0.259 e. The quantitative estimate of drug-likeness (QED) is 0.808. The lowest BCUT2D eigenvalue weighted by Gasteiger charge is -2.20. The highest BCUT2D eigenvalue weighted by Gasteiger charge is 2.17. The Balaban J connectivity index is 2.00. The van der Waals surface area contributed by atoms with E-state index in [-0.39, 0.29) is 12.0 Å². The Morgan fingerprint density at radius 1 is 1.19 bits per heavy atom. The van der Waals surface area contributed by atoms with Gasteiger partial charge in [-0.2, -0.15) is 5.26 Å². The molecule has 0 saturated heterocycles. The van der Waals surface area contributed by atoms with Crippen LogP contribution in [-0.4, -0.2) is 18.8 Å². The maximum atomic E-state index is 12.1. The SMILES string of the molecule is CC(C)(C)c1ccc(C(C#N)NC(=O)COc2ccccc2C=O)cc1. The first-order chi connectivity index (χ1) is 12.3. The molecule has 0 spiro atoms. The van der Waals surface area contributed by atoms with Crippen molar-refractivity contribution in [2.45, 2.75) is 32.2 Å². The molecule has 0 aliphatic carbocycles. The first-order valence-corrected chi connectivity index (χ1v) is 8.31. The zero-order valence-corrected chi connectivity index (χ0v) is 15.2. The maximum absolute atomic E-state index is 12.1. The molecule has 0 aliphatic rings. The molecular formula is C21H22N2O3. The van der Waals surface area contributed by atoms with Crippen LogP contribution in [0.1, 0.15) is 48.3 Å². The van der Waals surface area contributed by atoms with E-state index in [0.717, 1.165) is 5.56 Å². The minimum absolute atomic E-state index is 0.0176. The molecule has 5 heteroatoms. The van der Waals surface area contributed by atoms with Crippen molar-refractivity contribution in [1.29, 1.82) is 5.26 Å². The monoisotopic (exact) mass is 350 g/mol. The molecule has 0 heterocycles. The predicted molar refractivity (Wildman–Crippen MR) is 99.0 cm³/mol. The van der Waals surface area contributed by atoms with Gasteiger partial charge >= 0.3 is 0 Å². The normalized spacial score (nSPS) is 11.9. The highest BCUT2D eigenvalue weighted by Crippen LogP contribution is 2.24. The topological polar surface area (TPSA) is 79.2 Å². The molecule has 2 rings (SSSR count). The summed E-state index contributed by atoms with van der Waals surface area (Å²) in [5.74, 6) is -0.0992. The van der Waals surface area contributed by atoms with Gasteiger partial charge in [-0.1, -0.05) is 57.2 Å². The third-order valence-electron chi connectivity index (χ3n) is 3.95. The lowest BCUT2D eigenvalue weighted by molar-refractivity contribution is -0.123. The lowest BCUT2D eigenvalue weighted by atomic mass is 9.86. The number of carbonyl (C=O) groups is 2. The van der Waals surface area contributed by atoms with Gasteiger partial charge in [-0.25, -0.2) is 0 Å². The molecule has 0 aliphatic heterocycles. The number of nitriles is 1. The fourth-order valence-electron chi connectivity index (χ4n) is 2.42. The van der Waals surface area contributed by atoms with E-state index >= 15 is 0 Å². The van der Waals surface area contributed by atoms with Gasteiger partial charge in [0, 0.05) is 0 Å². The molecule has 1 N–H and O–H groups in total. The average molecular weight is 350 g/mol. The van der Waals surface area contributed by atoms with Crippen molar-refractivity contribution in [1.82, 2.24) is 5.32 Å². The standard InChI is InChI=1S/C21H22N2O3/c1-21(2,3)17-10-8-15(9-11-17)18(12-22)23-20(25)14-26-19-7-5-4-6-16(19)13-24/h4-11,13,18H,14H2,1-3H3,(H,23,25). The fraction of sp³-hybridized carbons (Fsp3) is 0.286. The lowest BCUT2D eigenvalue weighted by Crippen LogP contribution is -2.32. The highest BCUT2D eigenvalue weighted by atomic mass is 16.5. The summed E-state index contributed by atoms with van der Waals surface area (Å²) in [7, 11) is 0. The summed E-state index contributed by atoms with van der Waals surface area (Å²) < 4.78 is 5.38. The second-order valence-corrected chi connectivity index (χ2v) is 6.95. The van der Waals surface area contributed by atoms with E-state index < -0.39 is 11.9 Å². The number of ether oxygens (including phenoxy) is 1. The molecule has 2 aromatic carbocycles. The summed E-state index contributed by atoms with van der Waals surface area (Å²) in [5, 5.41) is 12.0. The van der Waals surface area contributed by atoms with Crippen molar-refractivity contribution in [3.05, 3.63) is 65.2 Å². The van der Waals surface area contributed by atoms with E-state index in [1.807, 2.05) is 24.3 Å². The van der Waals surface area contributed by atoms with Gasteiger partial charge in [0.15, 0.2) is 12.9 Å². The van der Waals surface area contributed by atoms with E-state index in [2.05, 4.69) is 32.2 Å². The number of benzene rings is 2. The van der Waals surface area contributed by atoms with Crippen LogP contribution in [0.5, 0.6) is 5.75 Å². The Morgan fingerprint density at radius 2 is 1.85 bits per heavy atom. The van der Waals surface area contributed by atoms with Crippen LogP contribution in [0.25, 0.3) is 0 Å². The minimum Gasteiger partial charge on any atom is -0.483 e. The van der Waals surface area contributed by atoms with Crippen LogP contribution in [0.15, 0.2) is 48.5 Å². The predicted octanol–water partition coefficient (Wildman–Crippen LogP) is 3.56. The third kappa shape index (κ3) is 4.93. The van der Waals surface area contributed by atoms with E-state index in [9.17, 15) is 14.9 Å². The first-order valence-electron chi connectivity index (χ1n) is 8.31. The van der Waals surface area contributed by atoms with Crippen LogP contribution in [0, 0.1) is 11.3 Å². The summed E-state index contributed by atoms with van der Waals surface area (Å²) in [4.78, 5) is 23.1. The molecule has 0 saturated carbocycles. The Kier molecular flexibility index (Phi) is 6.13. The van der Waals surface area contributed by atoms with E-state index in [4.69, 9.17) is 4.74 Å². The number of nitrogens with one attached hydrogen (secondary N) is 1. The Bertz CT molecular complexity index is 814. The summed E-state index contributed by atoms with van der Waals surface area (Å²) >= 11 is 0. The van der Waals surface area contributed by atoms with Crippen molar-refractivity contribution >= 4 is 12.2 Å². The van der Waals surface area contributed by atoms with E-state index in [1.165, 1.54) is 0 Å². The number of hydrogen-bond donors (Lipinski definition) is 1. The molecule has 0 radical (unpaired) electrons. The molecular weight excluding hydrogens is 328 g/mol. The van der Waals surface area contributed by atoms with Crippen molar-refractivity contribution < 1.29 is 14.3 Å².